The van der Waals surface area contributed by atoms with E-state index in [0.717, 1.165) is 11.1 Å². The summed E-state index contributed by atoms with van der Waals surface area (Å²) in [5.74, 6) is 0. The molecule has 0 atom stereocenters. The van der Waals surface area contributed by atoms with Crippen molar-refractivity contribution in [3.63, 3.8) is 0 Å². The predicted octanol–water partition coefficient (Wildman–Crippen LogP) is 9.05. The molecule has 0 amide bonds. The van der Waals surface area contributed by atoms with Crippen LogP contribution in [0.1, 0.15) is 5.56 Å². The first-order chi connectivity index (χ1) is 23.3. The van der Waals surface area contributed by atoms with Crippen LogP contribution < -0.4 is 10.9 Å². The molecule has 4 heterocycles. The molecule has 11 rings (SSSR count). The van der Waals surface area contributed by atoms with E-state index in [1.807, 2.05) is 18.2 Å². The van der Waals surface area contributed by atoms with Gasteiger partial charge in [0.25, 0.3) is 0 Å². The predicted molar refractivity (Wildman–Crippen MR) is 195 cm³/mol. The number of para-hydroxylation sites is 4. The number of hydrogen-bond acceptors (Lipinski definition) is 1. The fourth-order valence-corrected chi connectivity index (χ4v) is 8.78. The Labute approximate surface area is 271 Å². The summed E-state index contributed by atoms with van der Waals surface area (Å²) < 4.78 is 5.13. The van der Waals surface area contributed by atoms with Gasteiger partial charge in [0.2, 0.25) is 0 Å². The highest BCUT2D eigenvalue weighted by Gasteiger charge is 2.43. The van der Waals surface area contributed by atoms with Gasteiger partial charge >= 0.3 is 6.85 Å². The van der Waals surface area contributed by atoms with Gasteiger partial charge in [-0.05, 0) is 69.1 Å². The van der Waals surface area contributed by atoms with E-state index in [2.05, 4.69) is 143 Å². The van der Waals surface area contributed by atoms with Crippen LogP contribution in [0.5, 0.6) is 0 Å². The second-order valence-corrected chi connectivity index (χ2v) is 12.8. The quantitative estimate of drug-likeness (QED) is 0.184. The Kier molecular flexibility index (Phi) is 4.73. The Bertz CT molecular complexity index is 2870. The van der Waals surface area contributed by atoms with Crippen LogP contribution in [0.4, 0.5) is 0 Å². The van der Waals surface area contributed by atoms with Crippen LogP contribution in [0.25, 0.3) is 82.7 Å². The lowest BCUT2D eigenvalue weighted by Crippen LogP contribution is -2.55. The third-order valence-electron chi connectivity index (χ3n) is 10.5. The van der Waals surface area contributed by atoms with Crippen LogP contribution in [0, 0.1) is 11.3 Å². The average Bonchev–Trinajstić information content (AvgIpc) is 3.66. The van der Waals surface area contributed by atoms with Crippen molar-refractivity contribution < 1.29 is 0 Å². The number of benzene rings is 7. The molecule has 47 heavy (non-hydrogen) atoms. The average molecular weight is 593 g/mol. The van der Waals surface area contributed by atoms with Crippen molar-refractivity contribution in [3.05, 3.63) is 151 Å². The molecule has 0 bridgehead atoms. The largest absolute Gasteiger partial charge is 0.375 e. The van der Waals surface area contributed by atoms with Crippen molar-refractivity contribution >= 4 is 61.4 Å². The molecule has 0 N–H and O–H groups in total. The first kappa shape index (κ1) is 25.0. The molecule has 0 saturated heterocycles. The maximum Gasteiger partial charge on any atom is 0.333 e. The summed E-state index contributed by atoms with van der Waals surface area (Å²) in [4.78, 5) is 0. The second-order valence-electron chi connectivity index (χ2n) is 12.8. The van der Waals surface area contributed by atoms with Crippen LogP contribution in [0.3, 0.4) is 0 Å². The number of fused-ring (bicyclic) bond motifs is 10. The molecule has 0 unspecified atom stereocenters. The van der Waals surface area contributed by atoms with E-state index in [4.69, 9.17) is 0 Å². The number of nitriles is 1. The monoisotopic (exact) mass is 593 g/mol. The van der Waals surface area contributed by atoms with Crippen LogP contribution >= 0.6 is 0 Å². The molecule has 9 aromatic rings. The van der Waals surface area contributed by atoms with Crippen molar-refractivity contribution in [2.75, 3.05) is 0 Å². The summed E-state index contributed by atoms with van der Waals surface area (Å²) in [6.07, 6.45) is 0. The molecular weight excluding hydrogens is 569 g/mol. The molecule has 0 spiro atoms. The van der Waals surface area contributed by atoms with Gasteiger partial charge in [-0.25, -0.2) is 0 Å². The molecule has 2 aromatic heterocycles. The Balaban J connectivity index is 1.44. The highest BCUT2D eigenvalue weighted by Crippen LogP contribution is 2.49. The first-order valence-electron chi connectivity index (χ1n) is 16.1. The van der Waals surface area contributed by atoms with Crippen LogP contribution in [0.2, 0.25) is 0 Å². The third kappa shape index (κ3) is 3.06. The Hall–Kier alpha value is -6.31. The lowest BCUT2D eigenvalue weighted by molar-refractivity contribution is 1.18. The number of aromatic nitrogens is 2. The normalized spacial score (nSPS) is 12.6. The minimum absolute atomic E-state index is 0.0141. The lowest BCUT2D eigenvalue weighted by atomic mass is 9.45. The van der Waals surface area contributed by atoms with E-state index < -0.39 is 0 Å². The molecule has 0 radical (unpaired) electrons. The van der Waals surface area contributed by atoms with E-state index in [9.17, 15) is 5.26 Å². The molecule has 0 fully saturated rings. The zero-order valence-corrected chi connectivity index (χ0v) is 25.3. The van der Waals surface area contributed by atoms with Crippen LogP contribution in [0.15, 0.2) is 146 Å². The molecular formula is C43H24BN3. The molecule has 7 aromatic carbocycles. The van der Waals surface area contributed by atoms with Crippen molar-refractivity contribution in [3.8, 4) is 45.1 Å². The van der Waals surface area contributed by atoms with Gasteiger partial charge in [0.15, 0.2) is 0 Å². The van der Waals surface area contributed by atoms with Gasteiger partial charge in [-0.1, -0.05) is 115 Å². The van der Waals surface area contributed by atoms with Crippen molar-refractivity contribution in [2.45, 2.75) is 0 Å². The van der Waals surface area contributed by atoms with E-state index in [1.54, 1.807) is 0 Å². The maximum atomic E-state index is 9.96. The van der Waals surface area contributed by atoms with E-state index >= 15 is 0 Å². The summed E-state index contributed by atoms with van der Waals surface area (Å²) in [6.45, 7) is -0.0141. The fourth-order valence-electron chi connectivity index (χ4n) is 8.78. The standard InChI is InChI=1S/C43H24BN3/c45-25-26-11-8-14-28(23-26)34-24-38-41-40(39(34)27-12-2-1-3-13-27)33-19-9-17-31-30-16-5-7-22-37(30)47(42(31)33)44(41)35-20-10-18-32-29-15-4-6-21-36(29)46(38)43(32)35/h1-24H. The van der Waals surface area contributed by atoms with Crippen molar-refractivity contribution in [1.29, 1.82) is 5.26 Å². The van der Waals surface area contributed by atoms with E-state index in [1.165, 1.54) is 82.5 Å². The van der Waals surface area contributed by atoms with Crippen molar-refractivity contribution in [1.82, 2.24) is 9.05 Å². The summed E-state index contributed by atoms with van der Waals surface area (Å²) in [7, 11) is 0. The minimum Gasteiger partial charge on any atom is -0.375 e. The van der Waals surface area contributed by atoms with Crippen molar-refractivity contribution in [2.24, 2.45) is 0 Å². The first-order valence-corrected chi connectivity index (χ1v) is 16.1. The Morgan fingerprint density at radius 1 is 0.511 bits per heavy atom. The molecule has 2 aliphatic heterocycles. The molecule has 3 nitrogen and oxygen atoms in total. The Morgan fingerprint density at radius 2 is 1.17 bits per heavy atom. The molecule has 4 heteroatoms. The highest BCUT2D eigenvalue weighted by atomic mass is 15.0. The summed E-state index contributed by atoms with van der Waals surface area (Å²) >= 11 is 0. The summed E-state index contributed by atoms with van der Waals surface area (Å²) in [5, 5.41) is 15.0. The zero-order chi connectivity index (χ0) is 30.8. The molecule has 2 aliphatic rings. The Morgan fingerprint density at radius 3 is 2.00 bits per heavy atom. The molecule has 0 aliphatic carbocycles. The van der Waals surface area contributed by atoms with Gasteiger partial charge in [-0.15, -0.1) is 0 Å². The topological polar surface area (TPSA) is 33.6 Å². The van der Waals surface area contributed by atoms with Crippen LogP contribution in [-0.2, 0) is 0 Å². The fraction of sp³-hybridized carbons (Fsp3) is 0. The number of nitrogens with zero attached hydrogens (tertiary/aromatic N) is 3. The maximum absolute atomic E-state index is 9.96. The summed E-state index contributed by atoms with van der Waals surface area (Å²) in [5.41, 5.74) is 16.6. The molecule has 0 saturated carbocycles. The van der Waals surface area contributed by atoms with Gasteiger partial charge < -0.3 is 9.05 Å². The third-order valence-corrected chi connectivity index (χ3v) is 10.5. The second kappa shape index (κ2) is 8.91. The van der Waals surface area contributed by atoms with E-state index in [-0.39, 0.29) is 6.85 Å². The molecule has 214 valence electrons. The SMILES string of the molecule is N#Cc1cccc(-c2cc3c4c(c2-c2ccccc2)-c2cccc5c6ccccc6n(c25)B4c2cccc4c5ccccc5n-3c24)c1. The zero-order valence-electron chi connectivity index (χ0n) is 25.3. The lowest BCUT2D eigenvalue weighted by Gasteiger charge is -2.36. The summed E-state index contributed by atoms with van der Waals surface area (Å²) in [6, 6.07) is 55.1. The van der Waals surface area contributed by atoms with Gasteiger partial charge in [0, 0.05) is 43.8 Å². The van der Waals surface area contributed by atoms with Gasteiger partial charge in [-0.2, -0.15) is 5.26 Å². The van der Waals surface area contributed by atoms with Gasteiger partial charge in [0.1, 0.15) is 0 Å². The number of hydrogen-bond donors (Lipinski definition) is 0. The van der Waals surface area contributed by atoms with Gasteiger partial charge in [0.05, 0.1) is 22.7 Å². The highest BCUT2D eigenvalue weighted by molar-refractivity contribution is 6.90. The minimum atomic E-state index is -0.0141. The number of rotatable bonds is 2. The smallest absolute Gasteiger partial charge is 0.333 e. The van der Waals surface area contributed by atoms with E-state index in [0.29, 0.717) is 5.56 Å². The van der Waals surface area contributed by atoms with Gasteiger partial charge in [-0.3, -0.25) is 0 Å². The van der Waals surface area contributed by atoms with Crippen LogP contribution in [-0.4, -0.2) is 15.9 Å².